The van der Waals surface area contributed by atoms with Gasteiger partial charge in [0.15, 0.2) is 22.9 Å². The molecule has 0 bridgehead atoms. The maximum atomic E-state index is 12.0. The molecule has 0 aliphatic heterocycles. The number of carbonyl (C=O) groups excluding carboxylic acids is 2. The van der Waals surface area contributed by atoms with Crippen molar-refractivity contribution in [2.75, 3.05) is 13.2 Å². The molecule has 0 radical (unpaired) electrons. The number of esters is 1. The van der Waals surface area contributed by atoms with E-state index in [1.165, 1.54) is 22.7 Å². The summed E-state index contributed by atoms with van der Waals surface area (Å²) >= 11 is 9.31. The predicted molar refractivity (Wildman–Crippen MR) is 180 cm³/mol. The van der Waals surface area contributed by atoms with Crippen LogP contribution in [0.4, 0.5) is 0 Å². The summed E-state index contributed by atoms with van der Waals surface area (Å²) in [4.78, 5) is 51.3. The largest absolute Gasteiger partial charge is 0.504 e. The third kappa shape index (κ3) is 6.99. The van der Waals surface area contributed by atoms with Gasteiger partial charge in [0.1, 0.15) is 36.8 Å². The molecule has 6 rings (SSSR count). The van der Waals surface area contributed by atoms with E-state index < -0.39 is 24.4 Å². The summed E-state index contributed by atoms with van der Waals surface area (Å²) in [5.74, 6) is -3.28. The topological polar surface area (TPSA) is 185 Å². The molecule has 1 amide bonds. The Hall–Kier alpha value is -4.51. The highest BCUT2D eigenvalue weighted by Crippen LogP contribution is 2.40. The fourth-order valence-electron chi connectivity index (χ4n) is 4.02. The molecule has 4 aromatic heterocycles. The number of pyridine rings is 2. The zero-order chi connectivity index (χ0) is 33.0. The van der Waals surface area contributed by atoms with Gasteiger partial charge in [-0.2, -0.15) is 0 Å². The minimum Gasteiger partial charge on any atom is -0.504 e. The summed E-state index contributed by atoms with van der Waals surface area (Å²) in [7, 11) is 0. The summed E-state index contributed by atoms with van der Waals surface area (Å²) in [5, 5.41) is 32.8. The van der Waals surface area contributed by atoms with E-state index in [9.17, 15) is 24.6 Å². The third-order valence-corrected chi connectivity index (χ3v) is 9.97. The Morgan fingerprint density at radius 1 is 0.761 bits per heavy atom. The summed E-state index contributed by atoms with van der Waals surface area (Å²) in [6, 6.07) is 19.0. The number of aliphatic carboxylic acids is 1. The number of thiazole rings is 2. The van der Waals surface area contributed by atoms with E-state index in [1.54, 1.807) is 6.92 Å². The summed E-state index contributed by atoms with van der Waals surface area (Å²) in [6.07, 6.45) is 0. The van der Waals surface area contributed by atoms with E-state index in [0.717, 1.165) is 16.1 Å². The smallest absolute Gasteiger partial charge is 0.360 e. The molecule has 4 heterocycles. The highest BCUT2D eigenvalue weighted by atomic mass is 79.9. The van der Waals surface area contributed by atoms with Gasteiger partial charge in [-0.15, -0.1) is 22.7 Å². The third-order valence-electron chi connectivity index (χ3n) is 6.07. The minimum atomic E-state index is -1.19. The van der Waals surface area contributed by atoms with Crippen LogP contribution in [0.15, 0.2) is 69.9 Å². The van der Waals surface area contributed by atoms with Crippen LogP contribution in [0.3, 0.4) is 0 Å². The monoisotopic (exact) mass is 785 g/mol. The summed E-state index contributed by atoms with van der Waals surface area (Å²) in [6.45, 7) is 1.34. The van der Waals surface area contributed by atoms with Crippen LogP contribution in [0.5, 0.6) is 11.5 Å². The highest BCUT2D eigenvalue weighted by Gasteiger charge is 2.24. The van der Waals surface area contributed by atoms with Gasteiger partial charge in [-0.3, -0.25) is 9.59 Å². The van der Waals surface area contributed by atoms with E-state index in [0.29, 0.717) is 29.1 Å². The van der Waals surface area contributed by atoms with Crippen molar-refractivity contribution in [3.63, 3.8) is 0 Å². The lowest BCUT2D eigenvalue weighted by atomic mass is 10.2. The second kappa shape index (κ2) is 14.3. The molecule has 16 heteroatoms. The quantitative estimate of drug-likeness (QED) is 0.100. The van der Waals surface area contributed by atoms with Crippen LogP contribution < -0.4 is 5.32 Å². The van der Waals surface area contributed by atoms with Gasteiger partial charge in [0.2, 0.25) is 0 Å². The fourth-order valence-corrected chi connectivity index (χ4v) is 7.14. The Kier molecular flexibility index (Phi) is 10.2. The number of fused-ring (bicyclic) bond motifs is 2. The lowest BCUT2D eigenvalue weighted by molar-refractivity contribution is -0.135. The standard InChI is InChI=1S/C15H10BrN3O4S.C15H11BrN2O3S/c16-13-12-9(19-15(24-12)7-4-2-1-3-5-7)11(22)10(18-13)14(23)17-6-8(20)21;1-2-21-15(20)10-11(19)9-12(13(16)17-10)22-14(18-9)8-6-4-3-5-7-8/h1-5,22H,6H2,(H,17,23)(H,20,21);3-7,19H,2H2,1H3. The number of ether oxygens (including phenoxy) is 1. The highest BCUT2D eigenvalue weighted by molar-refractivity contribution is 9.11. The van der Waals surface area contributed by atoms with Crippen molar-refractivity contribution in [2.45, 2.75) is 6.92 Å². The summed E-state index contributed by atoms with van der Waals surface area (Å²) < 4.78 is 7.00. The fraction of sp³-hybridized carbons (Fsp3) is 0.100. The molecule has 0 atom stereocenters. The molecule has 0 aliphatic carbocycles. The second-order valence-corrected chi connectivity index (χ2v) is 12.6. The molecule has 2 aromatic carbocycles. The normalized spacial score (nSPS) is 10.8. The van der Waals surface area contributed by atoms with Gasteiger partial charge in [0.05, 0.1) is 16.0 Å². The van der Waals surface area contributed by atoms with E-state index in [-0.39, 0.29) is 35.0 Å². The second-order valence-electron chi connectivity index (χ2n) is 9.12. The number of nitrogens with zero attached hydrogens (tertiary/aromatic N) is 4. The molecule has 0 aliphatic rings. The molecule has 234 valence electrons. The van der Waals surface area contributed by atoms with Crippen LogP contribution >= 0.6 is 54.5 Å². The molecule has 0 spiro atoms. The van der Waals surface area contributed by atoms with Gasteiger partial charge in [0.25, 0.3) is 5.91 Å². The number of benzene rings is 2. The number of rotatable bonds is 7. The number of hydrogen-bond acceptors (Lipinski definition) is 12. The number of carboxylic acids is 1. The van der Waals surface area contributed by atoms with E-state index >= 15 is 0 Å². The molecule has 0 unspecified atom stereocenters. The predicted octanol–water partition coefficient (Wildman–Crippen LogP) is 6.64. The number of aromatic nitrogens is 4. The van der Waals surface area contributed by atoms with Gasteiger partial charge in [-0.1, -0.05) is 60.7 Å². The molecule has 0 fully saturated rings. The Morgan fingerprint density at radius 3 is 1.67 bits per heavy atom. The van der Waals surface area contributed by atoms with Crippen molar-refractivity contribution < 1.29 is 34.4 Å². The number of amides is 1. The molecule has 0 saturated heterocycles. The van der Waals surface area contributed by atoms with Crippen LogP contribution in [0.2, 0.25) is 0 Å². The lowest BCUT2D eigenvalue weighted by Gasteiger charge is -2.05. The van der Waals surface area contributed by atoms with Crippen molar-refractivity contribution in [1.29, 1.82) is 0 Å². The Labute approximate surface area is 285 Å². The van der Waals surface area contributed by atoms with Crippen molar-refractivity contribution in [3.05, 3.63) is 81.3 Å². The molecule has 12 nitrogen and oxygen atoms in total. The molecule has 46 heavy (non-hydrogen) atoms. The maximum Gasteiger partial charge on any atom is 0.360 e. The molecular formula is C30H21Br2N5O7S2. The molecule has 4 N–H and O–H groups in total. The van der Waals surface area contributed by atoms with Gasteiger partial charge in [-0.05, 0) is 38.8 Å². The van der Waals surface area contributed by atoms with E-state index in [1.807, 2.05) is 60.7 Å². The molecule has 6 aromatic rings. The van der Waals surface area contributed by atoms with Crippen LogP contribution in [0.25, 0.3) is 41.6 Å². The minimum absolute atomic E-state index is 0.133. The van der Waals surface area contributed by atoms with Crippen LogP contribution in [0.1, 0.15) is 27.9 Å². The number of nitrogens with one attached hydrogen (secondary N) is 1. The first-order chi connectivity index (χ1) is 22.1. The van der Waals surface area contributed by atoms with Gasteiger partial charge < -0.3 is 25.4 Å². The molecular weight excluding hydrogens is 766 g/mol. The average Bonchev–Trinajstić information content (AvgIpc) is 3.72. The molecule has 0 saturated carbocycles. The van der Waals surface area contributed by atoms with Gasteiger partial charge in [0, 0.05) is 11.1 Å². The van der Waals surface area contributed by atoms with Crippen molar-refractivity contribution >= 4 is 92.8 Å². The van der Waals surface area contributed by atoms with Crippen molar-refractivity contribution in [2.24, 2.45) is 0 Å². The van der Waals surface area contributed by atoms with Crippen molar-refractivity contribution in [1.82, 2.24) is 25.3 Å². The van der Waals surface area contributed by atoms with Gasteiger partial charge >= 0.3 is 11.9 Å². The number of carboxylic acid groups (broad SMARTS) is 1. The number of carbonyl (C=O) groups is 3. The van der Waals surface area contributed by atoms with Crippen molar-refractivity contribution in [3.8, 4) is 32.6 Å². The van der Waals surface area contributed by atoms with E-state index in [4.69, 9.17) is 9.84 Å². The zero-order valence-electron chi connectivity index (χ0n) is 23.5. The zero-order valence-corrected chi connectivity index (χ0v) is 28.3. The summed E-state index contributed by atoms with van der Waals surface area (Å²) in [5.41, 5.74) is 1.98. The first-order valence-electron chi connectivity index (χ1n) is 13.2. The van der Waals surface area contributed by atoms with Crippen LogP contribution in [-0.2, 0) is 9.53 Å². The Bertz CT molecular complexity index is 2090. The van der Waals surface area contributed by atoms with Crippen LogP contribution in [0, 0.1) is 0 Å². The average molecular weight is 787 g/mol. The first kappa shape index (κ1) is 32.9. The number of aromatic hydroxyl groups is 2. The van der Waals surface area contributed by atoms with E-state index in [2.05, 4.69) is 57.1 Å². The maximum absolute atomic E-state index is 12.0. The lowest BCUT2D eigenvalue weighted by Crippen LogP contribution is -2.30. The van der Waals surface area contributed by atoms with Crippen LogP contribution in [-0.4, -0.2) is 66.3 Å². The first-order valence-corrected chi connectivity index (χ1v) is 16.5. The van der Waals surface area contributed by atoms with Gasteiger partial charge in [-0.25, -0.2) is 24.7 Å². The SMILES string of the molecule is CCOC(=O)c1nc(Br)c2sc(-c3ccccc3)nc2c1O.O=C(O)CNC(=O)c1nc(Br)c2sc(-c3ccccc3)nc2c1O. The number of halogens is 2. The number of hydrogen-bond donors (Lipinski definition) is 4. The Morgan fingerprint density at radius 2 is 1.22 bits per heavy atom. The Balaban J connectivity index is 0.000000182.